The zero-order valence-electron chi connectivity index (χ0n) is 21.6. The highest BCUT2D eigenvalue weighted by atomic mass is 35.5. The van der Waals surface area contributed by atoms with Crippen LogP contribution in [0.25, 0.3) is 5.57 Å². The molecule has 3 aliphatic rings. The summed E-state index contributed by atoms with van der Waals surface area (Å²) in [5.74, 6) is -2.17. The number of ether oxygens (including phenoxy) is 1. The van der Waals surface area contributed by atoms with Crippen LogP contribution in [-0.2, 0) is 33.5 Å². The Morgan fingerprint density at radius 2 is 2.08 bits per heavy atom. The molecule has 0 aliphatic carbocycles. The summed E-state index contributed by atoms with van der Waals surface area (Å²) in [6.45, 7) is 4.80. The third-order valence-electron chi connectivity index (χ3n) is 6.35. The van der Waals surface area contributed by atoms with Crippen LogP contribution in [0.2, 0.25) is 0 Å². The number of thioether (sulfide) groups is 3. The van der Waals surface area contributed by atoms with Gasteiger partial charge in [0.1, 0.15) is 11.1 Å². The number of aromatic nitrogens is 1. The van der Waals surface area contributed by atoms with Crippen LogP contribution in [0.15, 0.2) is 22.2 Å². The average Bonchev–Trinajstić information content (AvgIpc) is 3.52. The van der Waals surface area contributed by atoms with Crippen LogP contribution in [0.3, 0.4) is 0 Å². The number of thiazole rings is 1. The second-order valence-corrected chi connectivity index (χ2v) is 14.4. The van der Waals surface area contributed by atoms with Gasteiger partial charge in [-0.15, -0.1) is 34.9 Å². The number of hydrogen-bond donors (Lipinski definition) is 2. The van der Waals surface area contributed by atoms with Crippen molar-refractivity contribution in [1.29, 1.82) is 0 Å². The Bertz CT molecular complexity index is 1350. The van der Waals surface area contributed by atoms with E-state index in [2.05, 4.69) is 15.0 Å². The van der Waals surface area contributed by atoms with E-state index in [0.717, 1.165) is 21.8 Å². The van der Waals surface area contributed by atoms with Crippen molar-refractivity contribution < 1.29 is 33.5 Å². The number of anilines is 1. The number of rotatable bonds is 9. The minimum atomic E-state index is -2.05. The van der Waals surface area contributed by atoms with Crippen LogP contribution in [-0.4, -0.2) is 78.5 Å². The number of halogens is 1. The van der Waals surface area contributed by atoms with E-state index < -0.39 is 39.9 Å². The van der Waals surface area contributed by atoms with Gasteiger partial charge in [-0.3, -0.25) is 28.9 Å². The zero-order chi connectivity index (χ0) is 29.4. The van der Waals surface area contributed by atoms with Crippen LogP contribution in [0.1, 0.15) is 32.9 Å². The van der Waals surface area contributed by atoms with E-state index in [4.69, 9.17) is 17.3 Å². The maximum atomic E-state index is 14.0. The van der Waals surface area contributed by atoms with Crippen molar-refractivity contribution in [3.63, 3.8) is 0 Å². The van der Waals surface area contributed by atoms with E-state index in [1.54, 1.807) is 20.8 Å². The Morgan fingerprint density at radius 1 is 1.35 bits per heavy atom. The van der Waals surface area contributed by atoms with Gasteiger partial charge >= 0.3 is 12.4 Å². The Morgan fingerprint density at radius 3 is 2.62 bits per heavy atom. The summed E-state index contributed by atoms with van der Waals surface area (Å²) in [4.78, 5) is 82.5. The molecule has 0 aromatic carbocycles. The number of β-lactam (4-membered cyclic amide) rings is 1. The van der Waals surface area contributed by atoms with E-state index in [9.17, 15) is 28.8 Å². The number of carbonyl (C=O) groups is 6. The van der Waals surface area contributed by atoms with Crippen molar-refractivity contribution in [2.75, 3.05) is 23.0 Å². The molecule has 2 saturated heterocycles. The number of esters is 1. The Hall–Kier alpha value is -2.33. The molecule has 1 aromatic heterocycles. The molecule has 0 saturated carbocycles. The number of carbonyl (C=O) groups excluding carboxylic acids is 6. The SMILES string of the molecule is CC(C)(C)C(=O)[C@@]1(NC(=O)/C(=C\Cl)c2csc(N)n2)C(=O)N2C(C(=O)OC=O)=C(CSC3CCSC3=O)CS[C@H]21. The van der Waals surface area contributed by atoms with Crippen LogP contribution in [0.4, 0.5) is 5.13 Å². The smallest absolute Gasteiger partial charge is 0.362 e. The zero-order valence-corrected chi connectivity index (χ0v) is 25.6. The fourth-order valence-corrected chi connectivity index (χ4v) is 9.35. The van der Waals surface area contributed by atoms with E-state index in [1.807, 2.05) is 0 Å². The van der Waals surface area contributed by atoms with Crippen LogP contribution >= 0.6 is 58.2 Å². The quantitative estimate of drug-likeness (QED) is 0.133. The molecule has 4 heterocycles. The first-order valence-electron chi connectivity index (χ1n) is 11.9. The van der Waals surface area contributed by atoms with Gasteiger partial charge < -0.3 is 15.8 Å². The number of nitrogens with two attached hydrogens (primary N) is 1. The molecule has 2 fully saturated rings. The maximum absolute atomic E-state index is 14.0. The molecule has 3 aliphatic heterocycles. The van der Waals surface area contributed by atoms with E-state index in [1.165, 1.54) is 40.7 Å². The first-order chi connectivity index (χ1) is 18.9. The van der Waals surface area contributed by atoms with Gasteiger partial charge in [0.2, 0.25) is 10.7 Å². The molecule has 1 aromatic rings. The molecule has 40 heavy (non-hydrogen) atoms. The first-order valence-corrected chi connectivity index (χ1v) is 16.3. The molecule has 16 heteroatoms. The number of hydrogen-bond acceptors (Lipinski definition) is 13. The lowest BCUT2D eigenvalue weighted by Gasteiger charge is -2.57. The fourth-order valence-electron chi connectivity index (χ4n) is 4.50. The Labute approximate surface area is 251 Å². The Kier molecular flexibility index (Phi) is 9.10. The van der Waals surface area contributed by atoms with E-state index >= 15 is 0 Å². The molecule has 4 rings (SSSR count). The van der Waals surface area contributed by atoms with Gasteiger partial charge in [0.15, 0.2) is 10.9 Å². The maximum Gasteiger partial charge on any atom is 0.362 e. The minimum Gasteiger partial charge on any atom is -0.391 e. The topological polar surface area (TPSA) is 166 Å². The number of ketones is 1. The highest BCUT2D eigenvalue weighted by molar-refractivity contribution is 8.16. The van der Waals surface area contributed by atoms with Crippen LogP contribution in [0.5, 0.6) is 0 Å². The Balaban J connectivity index is 1.71. The van der Waals surface area contributed by atoms with Gasteiger partial charge in [0.05, 0.1) is 16.5 Å². The summed E-state index contributed by atoms with van der Waals surface area (Å²) < 4.78 is 4.62. The summed E-state index contributed by atoms with van der Waals surface area (Å²) in [6.07, 6.45) is 0.685. The summed E-state index contributed by atoms with van der Waals surface area (Å²) in [7, 11) is 0. The molecule has 11 nitrogen and oxygen atoms in total. The molecule has 2 amide bonds. The van der Waals surface area contributed by atoms with Gasteiger partial charge in [-0.1, -0.05) is 44.1 Å². The molecule has 0 radical (unpaired) electrons. The molecule has 3 atom stereocenters. The molecule has 0 spiro atoms. The largest absolute Gasteiger partial charge is 0.391 e. The normalized spacial score (nSPS) is 24.9. The minimum absolute atomic E-state index is 0.0370. The number of fused-ring (bicyclic) bond motifs is 1. The predicted octanol–water partition coefficient (Wildman–Crippen LogP) is 2.41. The molecule has 214 valence electrons. The standard InChI is InChI=1S/C24H25ClN4O7S4/c1-23(2,3)19(34)24(28-16(31)12(6-25)13-9-40-22(26)27-13)20(35)29-15(17(32)36-10-30)11(8-39-21(24)29)7-38-14-4-5-37-18(14)33/h6,9-10,14,21H,4-5,7-8H2,1-3H3,(H2,26,27)(H,28,31)/b12-6-/t14?,21-,24+/m0/s1. The molecule has 3 N–H and O–H groups in total. The van der Waals surface area contributed by atoms with Gasteiger partial charge in [0, 0.05) is 33.6 Å². The van der Waals surface area contributed by atoms with Crippen molar-refractivity contribution >= 4 is 104 Å². The second-order valence-electron chi connectivity index (χ2n) is 9.98. The van der Waals surface area contributed by atoms with Crippen molar-refractivity contribution in [1.82, 2.24) is 15.2 Å². The highest BCUT2D eigenvalue weighted by Gasteiger charge is 2.71. The molecular weight excluding hydrogens is 620 g/mol. The van der Waals surface area contributed by atoms with Gasteiger partial charge in [-0.2, -0.15) is 0 Å². The summed E-state index contributed by atoms with van der Waals surface area (Å²) in [5, 5.41) is 3.09. The summed E-state index contributed by atoms with van der Waals surface area (Å²) >= 11 is 10.8. The predicted molar refractivity (Wildman–Crippen MR) is 156 cm³/mol. The molecule has 0 bridgehead atoms. The highest BCUT2D eigenvalue weighted by Crippen LogP contribution is 2.50. The van der Waals surface area contributed by atoms with Crippen LogP contribution in [0, 0.1) is 5.41 Å². The second kappa shape index (κ2) is 11.9. The third kappa shape index (κ3) is 5.45. The first kappa shape index (κ1) is 30.6. The lowest BCUT2D eigenvalue weighted by molar-refractivity contribution is -0.168. The number of nitrogens with zero attached hydrogens (tertiary/aromatic N) is 2. The van der Waals surface area contributed by atoms with Crippen molar-refractivity contribution in [2.24, 2.45) is 5.41 Å². The van der Waals surface area contributed by atoms with Crippen molar-refractivity contribution in [3.05, 3.63) is 27.9 Å². The van der Waals surface area contributed by atoms with E-state index in [0.29, 0.717) is 17.7 Å². The lowest BCUT2D eigenvalue weighted by atomic mass is 9.72. The van der Waals surface area contributed by atoms with Crippen molar-refractivity contribution in [2.45, 2.75) is 43.4 Å². The van der Waals surface area contributed by atoms with Gasteiger partial charge in [0.25, 0.3) is 11.8 Å². The van der Waals surface area contributed by atoms with Gasteiger partial charge in [-0.25, -0.2) is 9.78 Å². The lowest BCUT2D eigenvalue weighted by Crippen LogP contribution is -2.84. The van der Waals surface area contributed by atoms with Crippen molar-refractivity contribution in [3.8, 4) is 0 Å². The summed E-state index contributed by atoms with van der Waals surface area (Å²) in [6, 6.07) is 0. The monoisotopic (exact) mass is 644 g/mol. The number of nitrogens with one attached hydrogen (secondary N) is 1. The number of nitrogen functional groups attached to an aromatic ring is 1. The van der Waals surface area contributed by atoms with E-state index in [-0.39, 0.29) is 50.4 Å². The summed E-state index contributed by atoms with van der Waals surface area (Å²) in [5.41, 5.74) is 3.94. The van der Waals surface area contributed by atoms with Gasteiger partial charge in [-0.05, 0) is 12.0 Å². The number of Topliss-reactive ketones (excluding diaryl/α,β-unsaturated/α-hetero) is 1. The van der Waals surface area contributed by atoms with Crippen LogP contribution < -0.4 is 11.1 Å². The molecule has 1 unspecified atom stereocenters. The third-order valence-corrected chi connectivity index (χ3v) is 11.2. The fraction of sp³-hybridized carbons (Fsp3) is 0.458. The average molecular weight is 645 g/mol. The number of amides is 2. The molecular formula is C24H25ClN4O7S4.